The minimum Gasteiger partial charge on any atom is -0.301 e. The molecule has 0 aliphatic carbocycles. The van der Waals surface area contributed by atoms with E-state index in [1.807, 2.05) is 23.1 Å². The molecule has 0 atom stereocenters. The summed E-state index contributed by atoms with van der Waals surface area (Å²) in [5, 5.41) is 8.05. The maximum atomic E-state index is 13.7. The van der Waals surface area contributed by atoms with Gasteiger partial charge in [-0.2, -0.15) is 5.11 Å². The first kappa shape index (κ1) is 11.9. The van der Waals surface area contributed by atoms with Gasteiger partial charge in [0, 0.05) is 11.8 Å². The van der Waals surface area contributed by atoms with Gasteiger partial charge in [0.05, 0.1) is 23.3 Å². The Morgan fingerprint density at radius 3 is 2.95 bits per heavy atom. The fraction of sp³-hybridized carbons (Fsp3) is 0.0667. The van der Waals surface area contributed by atoms with Gasteiger partial charge in [-0.1, -0.05) is 6.07 Å². The van der Waals surface area contributed by atoms with Crippen LogP contribution < -0.4 is 4.90 Å². The Bertz CT molecular complexity index is 795. The molecule has 1 aromatic carbocycles. The second-order valence-electron chi connectivity index (χ2n) is 4.65. The zero-order chi connectivity index (χ0) is 14.2. The number of anilines is 1. The van der Waals surface area contributed by atoms with Crippen molar-refractivity contribution in [1.29, 1.82) is 0 Å². The molecule has 2 aliphatic heterocycles. The number of aromatic nitrogens is 1. The summed E-state index contributed by atoms with van der Waals surface area (Å²) in [6, 6.07) is 10.2. The minimum absolute atomic E-state index is 0.311. The second kappa shape index (κ2) is 4.59. The molecule has 0 amide bonds. The third-order valence-corrected chi connectivity index (χ3v) is 3.38. The molecule has 2 aromatic rings. The van der Waals surface area contributed by atoms with Gasteiger partial charge in [0.15, 0.2) is 5.82 Å². The SMILES string of the molecule is Fc1ccc2c(c1)C(c1ccccn1)=NC=C1N=NCN12. The van der Waals surface area contributed by atoms with Crippen molar-refractivity contribution in [2.24, 2.45) is 15.2 Å². The van der Waals surface area contributed by atoms with Crippen LogP contribution in [-0.4, -0.2) is 17.4 Å². The van der Waals surface area contributed by atoms with E-state index in [9.17, 15) is 4.39 Å². The second-order valence-corrected chi connectivity index (χ2v) is 4.65. The van der Waals surface area contributed by atoms with Crippen LogP contribution in [0.15, 0.2) is 69.8 Å². The number of halogens is 1. The van der Waals surface area contributed by atoms with Gasteiger partial charge in [0.25, 0.3) is 0 Å². The van der Waals surface area contributed by atoms with Crippen LogP contribution >= 0.6 is 0 Å². The Morgan fingerprint density at radius 1 is 1.14 bits per heavy atom. The molecular formula is C15H10FN5. The number of rotatable bonds is 1. The van der Waals surface area contributed by atoms with Gasteiger partial charge in [-0.05, 0) is 30.3 Å². The van der Waals surface area contributed by atoms with Crippen molar-refractivity contribution in [3.05, 3.63) is 71.7 Å². The third kappa shape index (κ3) is 1.92. The lowest BCUT2D eigenvalue weighted by Gasteiger charge is -2.18. The van der Waals surface area contributed by atoms with Crippen LogP contribution in [0.5, 0.6) is 0 Å². The largest absolute Gasteiger partial charge is 0.301 e. The van der Waals surface area contributed by atoms with E-state index in [0.717, 1.165) is 5.69 Å². The molecule has 6 heteroatoms. The van der Waals surface area contributed by atoms with Gasteiger partial charge in [-0.15, -0.1) is 5.11 Å². The van der Waals surface area contributed by atoms with Crippen molar-refractivity contribution >= 4 is 11.4 Å². The highest BCUT2D eigenvalue weighted by Crippen LogP contribution is 2.32. The van der Waals surface area contributed by atoms with E-state index in [2.05, 4.69) is 20.2 Å². The number of aliphatic imine (C=N–C) groups is 1. The highest BCUT2D eigenvalue weighted by atomic mass is 19.1. The van der Waals surface area contributed by atoms with E-state index >= 15 is 0 Å². The van der Waals surface area contributed by atoms with Crippen LogP contribution in [0, 0.1) is 5.82 Å². The molecule has 0 radical (unpaired) electrons. The van der Waals surface area contributed by atoms with Crippen LogP contribution in [0.4, 0.5) is 10.1 Å². The van der Waals surface area contributed by atoms with Crippen LogP contribution in [0.1, 0.15) is 11.3 Å². The summed E-state index contributed by atoms with van der Waals surface area (Å²) < 4.78 is 13.7. The standard InChI is InChI=1S/C15H10FN5/c16-10-4-5-13-11(7-10)15(12-3-1-2-6-17-12)18-8-14-20-19-9-21(13)14/h1-8H,9H2. The summed E-state index contributed by atoms with van der Waals surface area (Å²) in [7, 11) is 0. The fourth-order valence-corrected chi connectivity index (χ4v) is 2.42. The van der Waals surface area contributed by atoms with Crippen LogP contribution in [-0.2, 0) is 0 Å². The molecule has 21 heavy (non-hydrogen) atoms. The van der Waals surface area contributed by atoms with E-state index in [1.165, 1.54) is 12.1 Å². The predicted molar refractivity (Wildman–Crippen MR) is 76.6 cm³/mol. The number of pyridine rings is 1. The quantitative estimate of drug-likeness (QED) is 0.805. The van der Waals surface area contributed by atoms with Crippen molar-refractivity contribution < 1.29 is 4.39 Å². The summed E-state index contributed by atoms with van der Waals surface area (Å²) in [6.45, 7) is 0.412. The molecule has 5 nitrogen and oxygen atoms in total. The Balaban J connectivity index is 1.97. The maximum absolute atomic E-state index is 13.7. The maximum Gasteiger partial charge on any atom is 0.175 e. The number of nitrogens with zero attached hydrogens (tertiary/aromatic N) is 5. The van der Waals surface area contributed by atoms with E-state index in [-0.39, 0.29) is 5.82 Å². The van der Waals surface area contributed by atoms with Gasteiger partial charge in [0.2, 0.25) is 0 Å². The molecule has 0 saturated heterocycles. The molecule has 4 rings (SSSR count). The number of azo groups is 1. The predicted octanol–water partition coefficient (Wildman–Crippen LogP) is 3.10. The van der Waals surface area contributed by atoms with Crippen LogP contribution in [0.2, 0.25) is 0 Å². The zero-order valence-corrected chi connectivity index (χ0v) is 10.9. The third-order valence-electron chi connectivity index (χ3n) is 3.38. The van der Waals surface area contributed by atoms with Gasteiger partial charge < -0.3 is 4.90 Å². The molecule has 3 heterocycles. The molecular weight excluding hydrogens is 269 g/mol. The molecule has 0 fully saturated rings. The number of hydrogen-bond acceptors (Lipinski definition) is 5. The highest BCUT2D eigenvalue weighted by Gasteiger charge is 2.25. The Kier molecular flexibility index (Phi) is 2.60. The van der Waals surface area contributed by atoms with Crippen LogP contribution in [0.25, 0.3) is 0 Å². The lowest BCUT2D eigenvalue weighted by molar-refractivity contribution is 0.627. The van der Waals surface area contributed by atoms with Gasteiger partial charge in [-0.3, -0.25) is 4.98 Å². The fourth-order valence-electron chi connectivity index (χ4n) is 2.42. The van der Waals surface area contributed by atoms with Crippen molar-refractivity contribution in [1.82, 2.24) is 4.98 Å². The first-order valence-electron chi connectivity index (χ1n) is 6.47. The summed E-state index contributed by atoms with van der Waals surface area (Å²) in [5.74, 6) is 0.336. The van der Waals surface area contributed by atoms with Gasteiger partial charge in [-0.25, -0.2) is 9.38 Å². The molecule has 102 valence electrons. The van der Waals surface area contributed by atoms with E-state index in [4.69, 9.17) is 0 Å². The lowest BCUT2D eigenvalue weighted by atomic mass is 10.0. The summed E-state index contributed by atoms with van der Waals surface area (Å²) in [4.78, 5) is 10.7. The van der Waals surface area contributed by atoms with E-state index in [0.29, 0.717) is 29.5 Å². The molecule has 0 spiro atoms. The first-order chi connectivity index (χ1) is 10.3. The van der Waals surface area contributed by atoms with Crippen LogP contribution in [0.3, 0.4) is 0 Å². The number of fused-ring (bicyclic) bond motifs is 3. The molecule has 0 bridgehead atoms. The normalized spacial score (nSPS) is 16.0. The molecule has 1 aromatic heterocycles. The molecule has 2 aliphatic rings. The smallest absolute Gasteiger partial charge is 0.175 e. The lowest BCUT2D eigenvalue weighted by Crippen LogP contribution is -2.19. The Hall–Kier alpha value is -2.89. The zero-order valence-electron chi connectivity index (χ0n) is 10.9. The van der Waals surface area contributed by atoms with Gasteiger partial charge in [0.1, 0.15) is 12.5 Å². The number of benzene rings is 1. The first-order valence-corrected chi connectivity index (χ1v) is 6.47. The monoisotopic (exact) mass is 279 g/mol. The average Bonchev–Trinajstić information content (AvgIpc) is 2.92. The molecule has 0 unspecified atom stereocenters. The van der Waals surface area contributed by atoms with Crippen molar-refractivity contribution in [3.63, 3.8) is 0 Å². The van der Waals surface area contributed by atoms with E-state index < -0.39 is 0 Å². The average molecular weight is 279 g/mol. The summed E-state index contributed by atoms with van der Waals surface area (Å²) in [6.07, 6.45) is 3.33. The van der Waals surface area contributed by atoms with Crippen molar-refractivity contribution in [3.8, 4) is 0 Å². The van der Waals surface area contributed by atoms with Gasteiger partial charge >= 0.3 is 0 Å². The van der Waals surface area contributed by atoms with E-state index in [1.54, 1.807) is 18.5 Å². The Labute approximate surface area is 120 Å². The van der Waals surface area contributed by atoms with Crippen molar-refractivity contribution in [2.75, 3.05) is 11.6 Å². The molecule has 0 saturated carbocycles. The summed E-state index contributed by atoms with van der Waals surface area (Å²) in [5.41, 5.74) is 2.84. The minimum atomic E-state index is -0.311. The Morgan fingerprint density at radius 2 is 2.10 bits per heavy atom. The highest BCUT2D eigenvalue weighted by molar-refractivity contribution is 6.15. The summed E-state index contributed by atoms with van der Waals surface area (Å²) >= 11 is 0. The van der Waals surface area contributed by atoms with Crippen molar-refractivity contribution in [2.45, 2.75) is 0 Å². The molecule has 0 N–H and O–H groups in total. The topological polar surface area (TPSA) is 53.2 Å². The number of hydrogen-bond donors (Lipinski definition) is 0.